The van der Waals surface area contributed by atoms with E-state index in [0.29, 0.717) is 25.5 Å². The standard InChI is InChI=1S/C11H7Cl2N.C5H2Cl3N.C4H8O/c12-9-6-10(14-11(13)7-9)8-4-2-1-3-5-8;6-3-1-4(7)9-5(8)2-3;1-2-4-5-3-1/h1-7H;1-2H;1-4H2. The molecule has 3 aromatic rings. The van der Waals surface area contributed by atoms with Crippen molar-refractivity contribution in [1.29, 1.82) is 0 Å². The second-order valence-corrected chi connectivity index (χ2v) is 7.64. The SMILES string of the molecule is C1CCOC1.Clc1cc(Cl)nc(-c2ccccc2)c1.Clc1cc(Cl)nc(Cl)c1. The van der Waals surface area contributed by atoms with Gasteiger partial charge in [-0.3, -0.25) is 0 Å². The number of halogens is 5. The van der Waals surface area contributed by atoms with Gasteiger partial charge in [-0.15, -0.1) is 0 Å². The third kappa shape index (κ3) is 8.95. The summed E-state index contributed by atoms with van der Waals surface area (Å²) in [6.07, 6.45) is 2.56. The highest BCUT2D eigenvalue weighted by molar-refractivity contribution is 6.36. The van der Waals surface area contributed by atoms with Gasteiger partial charge in [-0.1, -0.05) is 88.3 Å². The fourth-order valence-electron chi connectivity index (χ4n) is 2.17. The molecule has 4 rings (SSSR count). The van der Waals surface area contributed by atoms with E-state index in [1.54, 1.807) is 12.1 Å². The van der Waals surface area contributed by atoms with Crippen molar-refractivity contribution in [3.05, 3.63) is 80.1 Å². The molecule has 1 saturated heterocycles. The number of pyridine rings is 2. The Morgan fingerprint density at radius 2 is 1.14 bits per heavy atom. The molecule has 1 aromatic carbocycles. The van der Waals surface area contributed by atoms with Crippen LogP contribution in [-0.4, -0.2) is 23.2 Å². The summed E-state index contributed by atoms with van der Waals surface area (Å²) >= 11 is 28.2. The minimum atomic E-state index is 0.313. The Balaban J connectivity index is 0.000000170. The largest absolute Gasteiger partial charge is 0.381 e. The number of hydrogen-bond donors (Lipinski definition) is 0. The first kappa shape index (κ1) is 23.2. The van der Waals surface area contributed by atoms with Crippen LogP contribution in [0.3, 0.4) is 0 Å². The van der Waals surface area contributed by atoms with Crippen LogP contribution in [-0.2, 0) is 4.74 Å². The molecule has 1 aliphatic rings. The van der Waals surface area contributed by atoms with E-state index in [-0.39, 0.29) is 0 Å². The Kier molecular flexibility index (Phi) is 10.3. The molecule has 0 unspecified atom stereocenters. The van der Waals surface area contributed by atoms with Gasteiger partial charge in [0.1, 0.15) is 15.5 Å². The highest BCUT2D eigenvalue weighted by Crippen LogP contribution is 2.23. The fraction of sp³-hybridized carbons (Fsp3) is 0.200. The lowest BCUT2D eigenvalue weighted by Crippen LogP contribution is -1.83. The van der Waals surface area contributed by atoms with E-state index in [1.165, 1.54) is 25.0 Å². The van der Waals surface area contributed by atoms with Crippen LogP contribution in [0.2, 0.25) is 25.5 Å². The molecule has 0 saturated carbocycles. The van der Waals surface area contributed by atoms with E-state index in [2.05, 4.69) is 9.97 Å². The fourth-order valence-corrected chi connectivity index (χ4v) is 3.42. The van der Waals surface area contributed by atoms with Crippen LogP contribution >= 0.6 is 58.0 Å². The van der Waals surface area contributed by atoms with Gasteiger partial charge in [-0.25, -0.2) is 9.97 Å². The summed E-state index contributed by atoms with van der Waals surface area (Å²) in [7, 11) is 0. The van der Waals surface area contributed by atoms with Crippen molar-refractivity contribution in [3.63, 3.8) is 0 Å². The van der Waals surface area contributed by atoms with Gasteiger partial charge in [0.15, 0.2) is 0 Å². The molecule has 3 heterocycles. The minimum Gasteiger partial charge on any atom is -0.381 e. The predicted molar refractivity (Wildman–Crippen MR) is 119 cm³/mol. The summed E-state index contributed by atoms with van der Waals surface area (Å²) in [5.74, 6) is 0. The maximum absolute atomic E-state index is 5.88. The predicted octanol–water partition coefficient (Wildman–Crippen LogP) is 7.89. The molecule has 2 aromatic heterocycles. The van der Waals surface area contributed by atoms with Gasteiger partial charge in [0.25, 0.3) is 0 Å². The van der Waals surface area contributed by atoms with Crippen molar-refractivity contribution in [3.8, 4) is 11.3 Å². The normalized spacial score (nSPS) is 12.5. The molecule has 0 aliphatic carbocycles. The molecule has 0 radical (unpaired) electrons. The van der Waals surface area contributed by atoms with Crippen LogP contribution in [0, 0.1) is 0 Å². The molecule has 1 aliphatic heterocycles. The Morgan fingerprint density at radius 1 is 0.643 bits per heavy atom. The van der Waals surface area contributed by atoms with Crippen molar-refractivity contribution < 1.29 is 4.74 Å². The lowest BCUT2D eigenvalue weighted by Gasteiger charge is -2.01. The first-order valence-electron chi connectivity index (χ1n) is 8.39. The van der Waals surface area contributed by atoms with Gasteiger partial charge in [0.2, 0.25) is 0 Å². The summed E-state index contributed by atoms with van der Waals surface area (Å²) < 4.78 is 4.94. The maximum atomic E-state index is 5.88. The van der Waals surface area contributed by atoms with Gasteiger partial charge in [-0.2, -0.15) is 0 Å². The van der Waals surface area contributed by atoms with Gasteiger partial charge in [0.05, 0.1) is 5.69 Å². The van der Waals surface area contributed by atoms with E-state index < -0.39 is 0 Å². The zero-order valence-electron chi connectivity index (χ0n) is 14.7. The Labute approximate surface area is 189 Å². The average molecular weight is 479 g/mol. The summed E-state index contributed by atoms with van der Waals surface area (Å²) in [5.41, 5.74) is 1.81. The van der Waals surface area contributed by atoms with Crippen LogP contribution in [0.1, 0.15) is 12.8 Å². The maximum Gasteiger partial charge on any atom is 0.132 e. The number of aromatic nitrogens is 2. The summed E-state index contributed by atoms with van der Waals surface area (Å²) in [6, 6.07) is 16.2. The molecule has 0 spiro atoms. The number of nitrogens with zero attached hydrogens (tertiary/aromatic N) is 2. The van der Waals surface area contributed by atoms with E-state index in [4.69, 9.17) is 62.7 Å². The van der Waals surface area contributed by atoms with Crippen molar-refractivity contribution >= 4 is 58.0 Å². The highest BCUT2D eigenvalue weighted by Gasteiger charge is 2.01. The quantitative estimate of drug-likeness (QED) is 0.334. The van der Waals surface area contributed by atoms with Crippen LogP contribution in [0.25, 0.3) is 11.3 Å². The first-order chi connectivity index (χ1) is 13.4. The average Bonchev–Trinajstić information content (AvgIpc) is 3.21. The smallest absolute Gasteiger partial charge is 0.132 e. The van der Waals surface area contributed by atoms with Crippen LogP contribution < -0.4 is 0 Å². The third-order valence-electron chi connectivity index (χ3n) is 3.38. The lowest BCUT2D eigenvalue weighted by atomic mass is 10.1. The molecule has 148 valence electrons. The topological polar surface area (TPSA) is 35.0 Å². The Hall–Kier alpha value is -1.07. The Morgan fingerprint density at radius 3 is 1.57 bits per heavy atom. The number of ether oxygens (including phenoxy) is 1. The molecule has 0 N–H and O–H groups in total. The molecule has 28 heavy (non-hydrogen) atoms. The monoisotopic (exact) mass is 476 g/mol. The van der Waals surface area contributed by atoms with Gasteiger partial charge in [-0.05, 0) is 37.1 Å². The third-order valence-corrected chi connectivity index (χ3v) is 4.40. The van der Waals surface area contributed by atoms with Crippen molar-refractivity contribution in [2.45, 2.75) is 12.8 Å². The van der Waals surface area contributed by atoms with Gasteiger partial charge >= 0.3 is 0 Å². The number of rotatable bonds is 1. The van der Waals surface area contributed by atoms with Gasteiger partial charge < -0.3 is 4.74 Å². The van der Waals surface area contributed by atoms with Gasteiger partial charge in [0, 0.05) is 28.8 Å². The lowest BCUT2D eigenvalue weighted by molar-refractivity contribution is 0.198. The summed E-state index contributed by atoms with van der Waals surface area (Å²) in [5, 5.41) is 2.14. The molecule has 0 amide bonds. The second kappa shape index (κ2) is 12.5. The minimum absolute atomic E-state index is 0.313. The Bertz CT molecular complexity index is 795. The van der Waals surface area contributed by atoms with Crippen molar-refractivity contribution in [2.24, 2.45) is 0 Å². The first-order valence-corrected chi connectivity index (χ1v) is 10.3. The molecular formula is C20H17Cl5N2O. The molecule has 1 fully saturated rings. The number of benzene rings is 1. The summed E-state index contributed by atoms with van der Waals surface area (Å²) in [4.78, 5) is 7.87. The van der Waals surface area contributed by atoms with Crippen molar-refractivity contribution in [2.75, 3.05) is 13.2 Å². The van der Waals surface area contributed by atoms with E-state index in [0.717, 1.165) is 24.5 Å². The molecule has 0 bridgehead atoms. The second-order valence-electron chi connectivity index (χ2n) is 5.61. The van der Waals surface area contributed by atoms with Crippen LogP contribution in [0.4, 0.5) is 0 Å². The van der Waals surface area contributed by atoms with Crippen LogP contribution in [0.5, 0.6) is 0 Å². The molecule has 8 heteroatoms. The van der Waals surface area contributed by atoms with Crippen molar-refractivity contribution in [1.82, 2.24) is 9.97 Å². The number of hydrogen-bond acceptors (Lipinski definition) is 3. The highest BCUT2D eigenvalue weighted by atomic mass is 35.5. The molecule has 0 atom stereocenters. The van der Waals surface area contributed by atoms with Crippen LogP contribution in [0.15, 0.2) is 54.6 Å². The molecule has 3 nitrogen and oxygen atoms in total. The zero-order chi connectivity index (χ0) is 20.4. The zero-order valence-corrected chi connectivity index (χ0v) is 18.5. The molecular weight excluding hydrogens is 461 g/mol. The van der Waals surface area contributed by atoms with E-state index in [1.807, 2.05) is 30.3 Å². The van der Waals surface area contributed by atoms with E-state index >= 15 is 0 Å². The summed E-state index contributed by atoms with van der Waals surface area (Å²) in [6.45, 7) is 2.00. The van der Waals surface area contributed by atoms with E-state index in [9.17, 15) is 0 Å².